The average molecular weight is 311 g/mol. The molecule has 0 aromatic heterocycles. The van der Waals surface area contributed by atoms with E-state index < -0.39 is 42.1 Å². The smallest absolute Gasteiger partial charge is 0.315 e. The predicted molar refractivity (Wildman–Crippen MR) is 61.7 cm³/mol. The van der Waals surface area contributed by atoms with E-state index in [0.29, 0.717) is 12.1 Å². The molecule has 1 heterocycles. The number of carbonyl (C=O) groups excluding carboxylic acids is 1. The molecular weight excluding hydrogens is 300 g/mol. The van der Waals surface area contributed by atoms with Gasteiger partial charge >= 0.3 is 12.4 Å². The molecule has 0 radical (unpaired) electrons. The van der Waals surface area contributed by atoms with Crippen LogP contribution in [0.3, 0.4) is 0 Å². The number of alkyl halides is 6. The van der Waals surface area contributed by atoms with Crippen molar-refractivity contribution in [1.29, 1.82) is 0 Å². The molecule has 1 aromatic carbocycles. The quantitative estimate of drug-likeness (QED) is 0.670. The van der Waals surface area contributed by atoms with Crippen molar-refractivity contribution in [3.8, 4) is 0 Å². The van der Waals surface area contributed by atoms with E-state index in [1.807, 2.05) is 0 Å². The molecule has 1 unspecified atom stereocenters. The van der Waals surface area contributed by atoms with E-state index in [9.17, 15) is 31.1 Å². The number of ketones is 1. The number of nitrogens with one attached hydrogen (secondary N) is 1. The minimum atomic E-state index is -4.75. The molecule has 0 bridgehead atoms. The zero-order chi connectivity index (χ0) is 15.9. The second-order valence-corrected chi connectivity index (χ2v) is 4.91. The van der Waals surface area contributed by atoms with Crippen LogP contribution < -0.4 is 5.32 Å². The standard InChI is InChI=1S/C13H11F6NO/c14-12(15,16)9-3-1-8(2-4-9)10(21)11(13(17,18)19)5-6-20-7-11/h1-4,20H,5-7H2. The van der Waals surface area contributed by atoms with Gasteiger partial charge in [-0.05, 0) is 25.1 Å². The van der Waals surface area contributed by atoms with Crippen molar-refractivity contribution < 1.29 is 31.1 Å². The Hall–Kier alpha value is -1.57. The number of halogens is 6. The normalized spacial score (nSPS) is 23.3. The van der Waals surface area contributed by atoms with Crippen LogP contribution in [-0.4, -0.2) is 25.0 Å². The average Bonchev–Trinajstić information content (AvgIpc) is 2.87. The van der Waals surface area contributed by atoms with Gasteiger partial charge in [-0.2, -0.15) is 26.3 Å². The zero-order valence-corrected chi connectivity index (χ0v) is 10.6. The van der Waals surface area contributed by atoms with Gasteiger partial charge in [0.2, 0.25) is 0 Å². The Morgan fingerprint density at radius 2 is 1.62 bits per heavy atom. The summed E-state index contributed by atoms with van der Waals surface area (Å²) in [5.41, 5.74) is -3.94. The van der Waals surface area contributed by atoms with Crippen LogP contribution in [0.4, 0.5) is 26.3 Å². The van der Waals surface area contributed by atoms with Crippen LogP contribution in [0.25, 0.3) is 0 Å². The zero-order valence-electron chi connectivity index (χ0n) is 10.6. The first kappa shape index (κ1) is 15.8. The molecule has 0 aliphatic carbocycles. The number of Topliss-reactive ketones (excluding diaryl/α,β-unsaturated/α-hetero) is 1. The predicted octanol–water partition coefficient (Wildman–Crippen LogP) is 3.43. The number of benzene rings is 1. The highest BCUT2D eigenvalue weighted by atomic mass is 19.4. The SMILES string of the molecule is O=C(c1ccc(C(F)(F)F)cc1)C1(C(F)(F)F)CCNC1. The summed E-state index contributed by atoms with van der Waals surface area (Å²) >= 11 is 0. The van der Waals surface area contributed by atoms with Crippen molar-refractivity contribution in [2.75, 3.05) is 13.1 Å². The molecular formula is C13H11F6NO. The van der Waals surface area contributed by atoms with Crippen LogP contribution in [-0.2, 0) is 6.18 Å². The van der Waals surface area contributed by atoms with E-state index in [1.54, 1.807) is 0 Å². The summed E-state index contributed by atoms with van der Waals surface area (Å²) in [7, 11) is 0. The van der Waals surface area contributed by atoms with E-state index in [-0.39, 0.29) is 12.1 Å². The molecule has 2 nitrogen and oxygen atoms in total. The van der Waals surface area contributed by atoms with Crippen molar-refractivity contribution in [3.63, 3.8) is 0 Å². The van der Waals surface area contributed by atoms with Crippen molar-refractivity contribution in [3.05, 3.63) is 35.4 Å². The first-order chi connectivity index (χ1) is 9.58. The maximum atomic E-state index is 13.2. The van der Waals surface area contributed by atoms with Crippen molar-refractivity contribution in [1.82, 2.24) is 5.32 Å². The number of carbonyl (C=O) groups is 1. The molecule has 21 heavy (non-hydrogen) atoms. The van der Waals surface area contributed by atoms with Gasteiger partial charge in [0.15, 0.2) is 5.78 Å². The topological polar surface area (TPSA) is 29.1 Å². The Kier molecular flexibility index (Phi) is 3.77. The minimum absolute atomic E-state index is 0.0336. The highest BCUT2D eigenvalue weighted by Gasteiger charge is 2.61. The van der Waals surface area contributed by atoms with Gasteiger partial charge in [0.05, 0.1) is 5.56 Å². The van der Waals surface area contributed by atoms with Gasteiger partial charge in [-0.15, -0.1) is 0 Å². The molecule has 0 saturated carbocycles. The van der Waals surface area contributed by atoms with Gasteiger partial charge in [-0.3, -0.25) is 4.79 Å². The third-order valence-corrected chi connectivity index (χ3v) is 3.61. The summed E-state index contributed by atoms with van der Waals surface area (Å²) in [5, 5.41) is 2.49. The largest absolute Gasteiger partial charge is 0.416 e. The summed E-state index contributed by atoms with van der Waals surface area (Å²) < 4.78 is 76.8. The van der Waals surface area contributed by atoms with E-state index in [2.05, 4.69) is 5.32 Å². The lowest BCUT2D eigenvalue weighted by Crippen LogP contribution is -2.46. The maximum absolute atomic E-state index is 13.2. The Balaban J connectivity index is 2.35. The van der Waals surface area contributed by atoms with Gasteiger partial charge in [0.25, 0.3) is 0 Å². The minimum Gasteiger partial charge on any atom is -0.315 e. The summed E-state index contributed by atoms with van der Waals surface area (Å²) in [5.74, 6) is -1.20. The molecule has 0 amide bonds. The molecule has 1 saturated heterocycles. The third-order valence-electron chi connectivity index (χ3n) is 3.61. The van der Waals surface area contributed by atoms with Gasteiger partial charge in [0.1, 0.15) is 5.41 Å². The molecule has 1 aliphatic heterocycles. The summed E-state index contributed by atoms with van der Waals surface area (Å²) in [6.07, 6.45) is -9.77. The molecule has 2 rings (SSSR count). The fourth-order valence-corrected chi connectivity index (χ4v) is 2.34. The van der Waals surface area contributed by atoms with E-state index in [0.717, 1.165) is 12.1 Å². The molecule has 8 heteroatoms. The van der Waals surface area contributed by atoms with E-state index in [1.165, 1.54) is 0 Å². The van der Waals surface area contributed by atoms with Crippen molar-refractivity contribution >= 4 is 5.78 Å². The first-order valence-electron chi connectivity index (χ1n) is 6.07. The van der Waals surface area contributed by atoms with Crippen LogP contribution in [0.15, 0.2) is 24.3 Å². The first-order valence-corrected chi connectivity index (χ1v) is 6.07. The maximum Gasteiger partial charge on any atom is 0.416 e. The number of hydrogen-bond donors (Lipinski definition) is 1. The number of hydrogen-bond acceptors (Lipinski definition) is 2. The van der Waals surface area contributed by atoms with Crippen LogP contribution in [0, 0.1) is 5.41 Å². The molecule has 1 aromatic rings. The Bertz CT molecular complexity index is 525. The monoisotopic (exact) mass is 311 g/mol. The van der Waals surface area contributed by atoms with Crippen LogP contribution in [0.2, 0.25) is 0 Å². The summed E-state index contributed by atoms with van der Waals surface area (Å²) in [6, 6.07) is 2.80. The fraction of sp³-hybridized carbons (Fsp3) is 0.462. The second kappa shape index (κ2) is 5.01. The number of rotatable bonds is 2. The Morgan fingerprint density at radius 3 is 2.00 bits per heavy atom. The Labute approximate surface area is 116 Å². The van der Waals surface area contributed by atoms with Crippen LogP contribution in [0.5, 0.6) is 0 Å². The lowest BCUT2D eigenvalue weighted by atomic mass is 9.78. The molecule has 116 valence electrons. The molecule has 1 fully saturated rings. The molecule has 0 spiro atoms. The molecule has 1 aliphatic rings. The molecule has 1 atom stereocenters. The van der Waals surface area contributed by atoms with Gasteiger partial charge in [-0.25, -0.2) is 0 Å². The second-order valence-electron chi connectivity index (χ2n) is 4.91. The van der Waals surface area contributed by atoms with Crippen molar-refractivity contribution in [2.24, 2.45) is 5.41 Å². The highest BCUT2D eigenvalue weighted by molar-refractivity contribution is 6.01. The van der Waals surface area contributed by atoms with Crippen molar-refractivity contribution in [2.45, 2.75) is 18.8 Å². The fourth-order valence-electron chi connectivity index (χ4n) is 2.34. The molecule has 1 N–H and O–H groups in total. The van der Waals surface area contributed by atoms with Crippen LogP contribution in [0.1, 0.15) is 22.3 Å². The Morgan fingerprint density at radius 1 is 1.05 bits per heavy atom. The highest BCUT2D eigenvalue weighted by Crippen LogP contribution is 2.45. The summed E-state index contributed by atoms with van der Waals surface area (Å²) in [6.45, 7) is -0.526. The third kappa shape index (κ3) is 2.76. The van der Waals surface area contributed by atoms with E-state index >= 15 is 0 Å². The van der Waals surface area contributed by atoms with Gasteiger partial charge in [0, 0.05) is 12.1 Å². The summed E-state index contributed by atoms with van der Waals surface area (Å²) in [4.78, 5) is 12.1. The van der Waals surface area contributed by atoms with Gasteiger partial charge in [-0.1, -0.05) is 12.1 Å². The van der Waals surface area contributed by atoms with Gasteiger partial charge < -0.3 is 5.32 Å². The van der Waals surface area contributed by atoms with E-state index in [4.69, 9.17) is 0 Å². The lowest BCUT2D eigenvalue weighted by molar-refractivity contribution is -0.197. The van der Waals surface area contributed by atoms with Crippen LogP contribution >= 0.6 is 0 Å². The lowest BCUT2D eigenvalue weighted by Gasteiger charge is -2.29.